The van der Waals surface area contributed by atoms with Crippen molar-refractivity contribution >= 4 is 15.9 Å². The maximum absolute atomic E-state index is 9.19. The van der Waals surface area contributed by atoms with Crippen LogP contribution in [0, 0.1) is 22.7 Å². The molecule has 2 unspecified atom stereocenters. The summed E-state index contributed by atoms with van der Waals surface area (Å²) in [6.45, 7) is 6.70. The van der Waals surface area contributed by atoms with Crippen molar-refractivity contribution in [3.05, 3.63) is 0 Å². The number of hydrogen-bond donors (Lipinski definition) is 0. The van der Waals surface area contributed by atoms with Crippen molar-refractivity contribution in [3.8, 4) is 6.07 Å². The Labute approximate surface area is 89.6 Å². The number of hydrogen-bond acceptors (Lipinski definition) is 1. The van der Waals surface area contributed by atoms with E-state index in [1.165, 1.54) is 19.3 Å². The third-order valence-electron chi connectivity index (χ3n) is 3.07. The van der Waals surface area contributed by atoms with Crippen LogP contribution in [0.1, 0.15) is 46.5 Å². The molecule has 1 nitrogen and oxygen atoms in total. The Bertz CT molecular complexity index is 223. The summed E-state index contributed by atoms with van der Waals surface area (Å²) >= 11 is 3.64. The van der Waals surface area contributed by atoms with Gasteiger partial charge in [0, 0.05) is 0 Å². The molecule has 0 aromatic rings. The van der Waals surface area contributed by atoms with Gasteiger partial charge in [-0.25, -0.2) is 0 Å². The molecule has 0 bridgehead atoms. The molecule has 0 N–H and O–H groups in total. The van der Waals surface area contributed by atoms with Gasteiger partial charge in [0.1, 0.15) is 4.32 Å². The molecule has 0 aliphatic heterocycles. The van der Waals surface area contributed by atoms with E-state index in [1.807, 2.05) is 0 Å². The zero-order chi connectivity index (χ0) is 10.1. The lowest BCUT2D eigenvalue weighted by atomic mass is 9.67. The summed E-state index contributed by atoms with van der Waals surface area (Å²) in [5.41, 5.74) is 0.236. The topological polar surface area (TPSA) is 23.8 Å². The minimum absolute atomic E-state index is 0.236. The van der Waals surface area contributed by atoms with Crippen LogP contribution in [0.15, 0.2) is 0 Å². The lowest BCUT2D eigenvalue weighted by Gasteiger charge is -2.42. The van der Waals surface area contributed by atoms with Gasteiger partial charge in [-0.15, -0.1) is 0 Å². The van der Waals surface area contributed by atoms with Crippen molar-refractivity contribution < 1.29 is 0 Å². The lowest BCUT2D eigenvalue weighted by molar-refractivity contribution is 0.162. The Balaban J connectivity index is 2.87. The first-order chi connectivity index (χ1) is 5.90. The van der Waals surface area contributed by atoms with Crippen LogP contribution in [0.25, 0.3) is 0 Å². The Kier molecular flexibility index (Phi) is 3.07. The lowest BCUT2D eigenvalue weighted by Crippen LogP contribution is -2.41. The minimum Gasteiger partial charge on any atom is -0.197 e. The van der Waals surface area contributed by atoms with E-state index in [2.05, 4.69) is 42.8 Å². The molecule has 0 spiro atoms. The second kappa shape index (κ2) is 3.61. The Morgan fingerprint density at radius 2 is 2.00 bits per heavy atom. The second-order valence-electron chi connectivity index (χ2n) is 5.14. The van der Waals surface area contributed by atoms with E-state index in [9.17, 15) is 5.26 Å². The third kappa shape index (κ3) is 2.26. The molecule has 0 amide bonds. The van der Waals surface area contributed by atoms with Gasteiger partial charge in [0.05, 0.1) is 6.07 Å². The molecule has 2 heteroatoms. The fraction of sp³-hybridized carbons (Fsp3) is 0.909. The smallest absolute Gasteiger partial charge is 0.115 e. The van der Waals surface area contributed by atoms with Crippen LogP contribution in [0.5, 0.6) is 0 Å². The van der Waals surface area contributed by atoms with E-state index >= 15 is 0 Å². The Morgan fingerprint density at radius 1 is 1.38 bits per heavy atom. The predicted molar refractivity (Wildman–Crippen MR) is 58.7 cm³/mol. The highest BCUT2D eigenvalue weighted by atomic mass is 79.9. The summed E-state index contributed by atoms with van der Waals surface area (Å²) in [6.07, 6.45) is 4.65. The number of nitriles is 1. The molecule has 1 aliphatic rings. The molecule has 2 atom stereocenters. The average molecular weight is 244 g/mol. The average Bonchev–Trinajstić information content (AvgIpc) is 2.03. The fourth-order valence-corrected chi connectivity index (χ4v) is 3.58. The number of rotatable bonds is 0. The first-order valence-electron chi connectivity index (χ1n) is 5.00. The summed E-state index contributed by atoms with van der Waals surface area (Å²) in [5.74, 6) is 0.485. The monoisotopic (exact) mass is 243 g/mol. The Morgan fingerprint density at radius 3 is 2.38 bits per heavy atom. The van der Waals surface area contributed by atoms with E-state index in [0.717, 1.165) is 6.42 Å². The molecule has 0 radical (unpaired) electrons. The van der Waals surface area contributed by atoms with Crippen molar-refractivity contribution in [1.82, 2.24) is 0 Å². The maximum Gasteiger partial charge on any atom is 0.115 e. The molecule has 1 rings (SSSR count). The van der Waals surface area contributed by atoms with Gasteiger partial charge in [0.15, 0.2) is 0 Å². The van der Waals surface area contributed by atoms with Crippen LogP contribution < -0.4 is 0 Å². The van der Waals surface area contributed by atoms with Gasteiger partial charge in [-0.1, -0.05) is 49.5 Å². The summed E-state index contributed by atoms with van der Waals surface area (Å²) < 4.78 is -0.260. The molecule has 13 heavy (non-hydrogen) atoms. The second-order valence-corrected chi connectivity index (χ2v) is 6.55. The predicted octanol–water partition coefficient (Wildman–Crippen LogP) is 3.88. The maximum atomic E-state index is 9.19. The summed E-state index contributed by atoms with van der Waals surface area (Å²) in [6, 6.07) is 2.45. The highest BCUT2D eigenvalue weighted by Crippen LogP contribution is 2.48. The summed E-state index contributed by atoms with van der Waals surface area (Å²) in [7, 11) is 0. The van der Waals surface area contributed by atoms with Crippen LogP contribution >= 0.6 is 15.9 Å². The molecule has 1 fully saturated rings. The third-order valence-corrected chi connectivity index (χ3v) is 4.19. The number of nitrogens with zero attached hydrogens (tertiary/aromatic N) is 1. The molecular weight excluding hydrogens is 226 g/mol. The molecule has 0 saturated heterocycles. The van der Waals surface area contributed by atoms with Crippen molar-refractivity contribution in [3.63, 3.8) is 0 Å². The number of alkyl halides is 1. The molecule has 0 aromatic heterocycles. The largest absolute Gasteiger partial charge is 0.197 e. The highest BCUT2D eigenvalue weighted by Gasteiger charge is 2.44. The van der Waals surface area contributed by atoms with Crippen molar-refractivity contribution in [1.29, 1.82) is 5.26 Å². The number of halogens is 1. The SMILES string of the molecule is CC(C)(C)C1CCCCC1(Br)C#N. The van der Waals surface area contributed by atoms with Gasteiger partial charge in [-0.05, 0) is 24.2 Å². The van der Waals surface area contributed by atoms with Crippen LogP contribution in [-0.2, 0) is 0 Å². The van der Waals surface area contributed by atoms with Crippen LogP contribution in [0.3, 0.4) is 0 Å². The fourth-order valence-electron chi connectivity index (χ4n) is 2.39. The summed E-state index contributed by atoms with van der Waals surface area (Å²) in [4.78, 5) is 0. The zero-order valence-electron chi connectivity index (χ0n) is 8.73. The Hall–Kier alpha value is -0.0300. The van der Waals surface area contributed by atoms with Gasteiger partial charge in [-0.3, -0.25) is 0 Å². The van der Waals surface area contributed by atoms with Gasteiger partial charge in [-0.2, -0.15) is 5.26 Å². The van der Waals surface area contributed by atoms with Crippen LogP contribution in [-0.4, -0.2) is 4.32 Å². The van der Waals surface area contributed by atoms with Gasteiger partial charge in [0.2, 0.25) is 0 Å². The van der Waals surface area contributed by atoms with Gasteiger partial charge in [0.25, 0.3) is 0 Å². The van der Waals surface area contributed by atoms with Crippen LogP contribution in [0.2, 0.25) is 0 Å². The quantitative estimate of drug-likeness (QED) is 0.593. The van der Waals surface area contributed by atoms with Crippen molar-refractivity contribution in [2.75, 3.05) is 0 Å². The van der Waals surface area contributed by atoms with Gasteiger partial charge < -0.3 is 0 Å². The highest BCUT2D eigenvalue weighted by molar-refractivity contribution is 9.10. The van der Waals surface area contributed by atoms with Crippen molar-refractivity contribution in [2.45, 2.75) is 50.8 Å². The molecule has 1 saturated carbocycles. The van der Waals surface area contributed by atoms with E-state index in [1.54, 1.807) is 0 Å². The zero-order valence-corrected chi connectivity index (χ0v) is 10.3. The first kappa shape index (κ1) is 11.0. The van der Waals surface area contributed by atoms with E-state index in [-0.39, 0.29) is 9.74 Å². The molecular formula is C11H18BrN. The van der Waals surface area contributed by atoms with E-state index < -0.39 is 0 Å². The first-order valence-corrected chi connectivity index (χ1v) is 5.79. The standard InChI is InChI=1S/C11H18BrN/c1-10(2,3)9-6-4-5-7-11(9,12)8-13/h9H,4-7H2,1-3H3. The molecule has 0 aromatic carbocycles. The molecule has 0 heterocycles. The van der Waals surface area contributed by atoms with E-state index in [0.29, 0.717) is 5.92 Å². The molecule has 1 aliphatic carbocycles. The van der Waals surface area contributed by atoms with Gasteiger partial charge >= 0.3 is 0 Å². The summed E-state index contributed by atoms with van der Waals surface area (Å²) in [5, 5.41) is 9.19. The normalized spacial score (nSPS) is 35.5. The van der Waals surface area contributed by atoms with E-state index in [4.69, 9.17) is 0 Å². The minimum atomic E-state index is -0.260. The van der Waals surface area contributed by atoms with Crippen molar-refractivity contribution in [2.24, 2.45) is 11.3 Å². The molecule has 74 valence electrons. The van der Waals surface area contributed by atoms with Crippen LogP contribution in [0.4, 0.5) is 0 Å².